The van der Waals surface area contributed by atoms with Crippen LogP contribution in [0.25, 0.3) is 0 Å². The number of hydrogen-bond acceptors (Lipinski definition) is 4. The van der Waals surface area contributed by atoms with Crippen LogP contribution in [0, 0.1) is 0 Å². The van der Waals surface area contributed by atoms with E-state index in [0.717, 1.165) is 38.9 Å². The van der Waals surface area contributed by atoms with E-state index < -0.39 is 5.60 Å². The molecule has 2 aliphatic heterocycles. The molecule has 0 bridgehead atoms. The van der Waals surface area contributed by atoms with E-state index in [4.69, 9.17) is 4.74 Å². The highest BCUT2D eigenvalue weighted by molar-refractivity contribution is 5.73. The first-order valence-corrected chi connectivity index (χ1v) is 7.62. The fourth-order valence-corrected chi connectivity index (χ4v) is 3.94. The number of morpholine rings is 1. The van der Waals surface area contributed by atoms with Gasteiger partial charge < -0.3 is 14.7 Å². The van der Waals surface area contributed by atoms with Gasteiger partial charge in [-0.15, -0.1) is 0 Å². The number of aliphatic hydroxyl groups is 1. The van der Waals surface area contributed by atoms with E-state index in [0.29, 0.717) is 13.1 Å². The van der Waals surface area contributed by atoms with Gasteiger partial charge in [0.05, 0.1) is 17.7 Å². The zero-order valence-corrected chi connectivity index (χ0v) is 12.8. The first kappa shape index (κ1) is 14.3. The molecule has 1 amide bonds. The summed E-state index contributed by atoms with van der Waals surface area (Å²) < 4.78 is 6.26. The molecule has 0 unspecified atom stereocenters. The van der Waals surface area contributed by atoms with Crippen molar-refractivity contribution in [2.45, 2.75) is 56.8 Å². The highest BCUT2D eigenvalue weighted by Crippen LogP contribution is 2.39. The number of carbonyl (C=O) groups is 1. The van der Waals surface area contributed by atoms with Gasteiger partial charge in [-0.3, -0.25) is 9.69 Å². The van der Waals surface area contributed by atoms with Crippen LogP contribution in [0.1, 0.15) is 40.0 Å². The van der Waals surface area contributed by atoms with Crippen LogP contribution in [-0.4, -0.2) is 70.3 Å². The van der Waals surface area contributed by atoms with E-state index in [1.54, 1.807) is 6.92 Å². The van der Waals surface area contributed by atoms with Crippen molar-refractivity contribution in [2.24, 2.45) is 0 Å². The minimum Gasteiger partial charge on any atom is -0.389 e. The molecule has 0 aromatic carbocycles. The number of rotatable bonds is 2. The number of carbonyl (C=O) groups excluding carboxylic acids is 1. The second-order valence-electron chi connectivity index (χ2n) is 7.64. The third-order valence-corrected chi connectivity index (χ3v) is 4.81. The monoisotopic (exact) mass is 282 g/mol. The van der Waals surface area contributed by atoms with Crippen LogP contribution >= 0.6 is 0 Å². The van der Waals surface area contributed by atoms with Gasteiger partial charge in [0.15, 0.2) is 0 Å². The van der Waals surface area contributed by atoms with Crippen molar-refractivity contribution < 1.29 is 14.6 Å². The maximum atomic E-state index is 11.7. The number of likely N-dealkylation sites (tertiary alicyclic amines) is 1. The predicted molar refractivity (Wildman–Crippen MR) is 75.4 cm³/mol. The standard InChI is InChI=1S/C15H26N2O3/c1-12(18)17-7-13(2,3)20-15(11-17)9-16(10-15)8-14(19)5-4-6-14/h19H,4-11H2,1-3H3. The summed E-state index contributed by atoms with van der Waals surface area (Å²) in [5.74, 6) is 0.122. The molecule has 0 aromatic heterocycles. The van der Waals surface area contributed by atoms with E-state index in [9.17, 15) is 9.90 Å². The van der Waals surface area contributed by atoms with Crippen molar-refractivity contribution in [3.05, 3.63) is 0 Å². The Kier molecular flexibility index (Phi) is 3.16. The SMILES string of the molecule is CC(=O)N1CC(C)(C)OC2(CN(CC3(O)CCC3)C2)C1. The van der Waals surface area contributed by atoms with Gasteiger partial charge in [-0.05, 0) is 33.1 Å². The number of amides is 1. The first-order chi connectivity index (χ1) is 9.21. The normalized spacial score (nSPS) is 30.7. The molecule has 0 aromatic rings. The van der Waals surface area contributed by atoms with Crippen molar-refractivity contribution in [3.63, 3.8) is 0 Å². The fourth-order valence-electron chi connectivity index (χ4n) is 3.94. The maximum absolute atomic E-state index is 11.7. The van der Waals surface area contributed by atoms with Crippen LogP contribution < -0.4 is 0 Å². The van der Waals surface area contributed by atoms with Crippen molar-refractivity contribution in [1.29, 1.82) is 0 Å². The van der Waals surface area contributed by atoms with Crippen molar-refractivity contribution >= 4 is 5.91 Å². The molecule has 0 atom stereocenters. The van der Waals surface area contributed by atoms with E-state index >= 15 is 0 Å². The van der Waals surface area contributed by atoms with Crippen molar-refractivity contribution in [2.75, 3.05) is 32.7 Å². The summed E-state index contributed by atoms with van der Waals surface area (Å²) in [6.07, 6.45) is 2.97. The van der Waals surface area contributed by atoms with Gasteiger partial charge >= 0.3 is 0 Å². The summed E-state index contributed by atoms with van der Waals surface area (Å²) in [6, 6.07) is 0. The Labute approximate surface area is 120 Å². The zero-order chi connectivity index (χ0) is 14.6. The highest BCUT2D eigenvalue weighted by atomic mass is 16.5. The smallest absolute Gasteiger partial charge is 0.219 e. The summed E-state index contributed by atoms with van der Waals surface area (Å²) in [5, 5.41) is 10.2. The lowest BCUT2D eigenvalue weighted by molar-refractivity contribution is -0.252. The van der Waals surface area contributed by atoms with Gasteiger partial charge in [0.25, 0.3) is 0 Å². The molecule has 5 heteroatoms. The number of ether oxygens (including phenoxy) is 1. The minimum absolute atomic E-state index is 0.122. The number of hydrogen-bond donors (Lipinski definition) is 1. The molecule has 1 saturated carbocycles. The Balaban J connectivity index is 1.61. The Morgan fingerprint density at radius 3 is 2.35 bits per heavy atom. The van der Waals surface area contributed by atoms with E-state index in [2.05, 4.69) is 4.90 Å². The number of β-amino-alcohol motifs (C(OH)–C–C–N with tert-alkyl or cyclic N) is 1. The average molecular weight is 282 g/mol. The van der Waals surface area contributed by atoms with Crippen LogP contribution in [0.4, 0.5) is 0 Å². The van der Waals surface area contributed by atoms with Crippen LogP contribution in [-0.2, 0) is 9.53 Å². The van der Waals surface area contributed by atoms with Gasteiger partial charge in [0.2, 0.25) is 5.91 Å². The summed E-state index contributed by atoms with van der Waals surface area (Å²) in [6.45, 7) is 9.46. The summed E-state index contributed by atoms with van der Waals surface area (Å²) in [5.41, 5.74) is -0.983. The average Bonchev–Trinajstić information content (AvgIpc) is 2.22. The molecular formula is C15H26N2O3. The second kappa shape index (κ2) is 4.42. The largest absolute Gasteiger partial charge is 0.389 e. The van der Waals surface area contributed by atoms with E-state index in [1.807, 2.05) is 18.7 Å². The van der Waals surface area contributed by atoms with Gasteiger partial charge in [-0.1, -0.05) is 0 Å². The van der Waals surface area contributed by atoms with Crippen LogP contribution in [0.3, 0.4) is 0 Å². The first-order valence-electron chi connectivity index (χ1n) is 7.62. The summed E-state index contributed by atoms with van der Waals surface area (Å²) >= 11 is 0. The Morgan fingerprint density at radius 2 is 1.85 bits per heavy atom. The van der Waals surface area contributed by atoms with Gasteiger partial charge in [0.1, 0.15) is 5.60 Å². The molecule has 5 nitrogen and oxygen atoms in total. The molecule has 1 aliphatic carbocycles. The maximum Gasteiger partial charge on any atom is 0.219 e. The molecule has 2 heterocycles. The van der Waals surface area contributed by atoms with Gasteiger partial charge in [0, 0.05) is 33.1 Å². The van der Waals surface area contributed by atoms with Crippen LogP contribution in [0.15, 0.2) is 0 Å². The zero-order valence-electron chi connectivity index (χ0n) is 12.8. The third kappa shape index (κ3) is 2.59. The highest BCUT2D eigenvalue weighted by Gasteiger charge is 2.53. The molecule has 3 aliphatic rings. The van der Waals surface area contributed by atoms with E-state index in [-0.39, 0.29) is 17.1 Å². The molecule has 114 valence electrons. The minimum atomic E-state index is -0.466. The lowest BCUT2D eigenvalue weighted by Gasteiger charge is -2.59. The Morgan fingerprint density at radius 1 is 1.20 bits per heavy atom. The lowest BCUT2D eigenvalue weighted by atomic mass is 9.78. The lowest BCUT2D eigenvalue weighted by Crippen LogP contribution is -2.75. The third-order valence-electron chi connectivity index (χ3n) is 4.81. The van der Waals surface area contributed by atoms with Gasteiger partial charge in [-0.25, -0.2) is 0 Å². The molecule has 20 heavy (non-hydrogen) atoms. The Bertz CT molecular complexity index is 411. The topological polar surface area (TPSA) is 53.0 Å². The number of nitrogens with zero attached hydrogens (tertiary/aromatic N) is 2. The molecule has 1 N–H and O–H groups in total. The summed E-state index contributed by atoms with van der Waals surface area (Å²) in [4.78, 5) is 15.9. The predicted octanol–water partition coefficient (Wildman–Crippen LogP) is 0.613. The molecule has 3 rings (SSSR count). The van der Waals surface area contributed by atoms with E-state index in [1.165, 1.54) is 0 Å². The molecule has 2 saturated heterocycles. The molecule has 1 spiro atoms. The van der Waals surface area contributed by atoms with Crippen molar-refractivity contribution in [3.8, 4) is 0 Å². The fraction of sp³-hybridized carbons (Fsp3) is 0.933. The quantitative estimate of drug-likeness (QED) is 0.806. The summed E-state index contributed by atoms with van der Waals surface area (Å²) in [7, 11) is 0. The molecule has 3 fully saturated rings. The van der Waals surface area contributed by atoms with Gasteiger partial charge in [-0.2, -0.15) is 0 Å². The molecule has 0 radical (unpaired) electrons. The molecular weight excluding hydrogens is 256 g/mol. The van der Waals surface area contributed by atoms with Crippen LogP contribution in [0.2, 0.25) is 0 Å². The Hall–Kier alpha value is -0.650. The van der Waals surface area contributed by atoms with Crippen LogP contribution in [0.5, 0.6) is 0 Å². The second-order valence-corrected chi connectivity index (χ2v) is 7.64. The van der Waals surface area contributed by atoms with Crippen molar-refractivity contribution in [1.82, 2.24) is 9.80 Å².